The van der Waals surface area contributed by atoms with Gasteiger partial charge in [0.25, 0.3) is 0 Å². The van der Waals surface area contributed by atoms with Crippen molar-refractivity contribution >= 4 is 6.29 Å². The summed E-state index contributed by atoms with van der Waals surface area (Å²) < 4.78 is 5.03. The Hall–Kier alpha value is -0.370. The molecule has 0 spiro atoms. The SMILES string of the molecule is CCCCCCCCCCCCOC[C]=O. The summed E-state index contributed by atoms with van der Waals surface area (Å²) in [5.41, 5.74) is 0. The maximum Gasteiger partial charge on any atom is 0.226 e. The van der Waals surface area contributed by atoms with Gasteiger partial charge < -0.3 is 4.74 Å². The number of hydrogen-bond donors (Lipinski definition) is 0. The average molecular weight is 227 g/mol. The normalized spacial score (nSPS) is 10.6. The Morgan fingerprint density at radius 1 is 0.812 bits per heavy atom. The molecule has 0 heterocycles. The number of hydrogen-bond acceptors (Lipinski definition) is 2. The second-order valence-corrected chi connectivity index (χ2v) is 4.38. The van der Waals surface area contributed by atoms with Gasteiger partial charge in [-0.05, 0) is 6.42 Å². The number of ether oxygens (including phenoxy) is 1. The molecular formula is C14H27O2. The predicted octanol–water partition coefficient (Wildman–Crippen LogP) is 4.03. The Morgan fingerprint density at radius 3 is 1.81 bits per heavy atom. The largest absolute Gasteiger partial charge is 0.373 e. The summed E-state index contributed by atoms with van der Waals surface area (Å²) in [7, 11) is 0. The van der Waals surface area contributed by atoms with Gasteiger partial charge in [0.1, 0.15) is 6.61 Å². The highest BCUT2D eigenvalue weighted by molar-refractivity contribution is 5.51. The van der Waals surface area contributed by atoms with Crippen molar-refractivity contribution in [2.45, 2.75) is 71.1 Å². The topological polar surface area (TPSA) is 26.3 Å². The molecule has 0 unspecified atom stereocenters. The Labute approximate surface area is 101 Å². The first-order valence-corrected chi connectivity index (χ1v) is 6.84. The minimum Gasteiger partial charge on any atom is -0.373 e. The van der Waals surface area contributed by atoms with Crippen LogP contribution >= 0.6 is 0 Å². The summed E-state index contributed by atoms with van der Waals surface area (Å²) in [6.07, 6.45) is 15.0. The molecule has 0 aromatic rings. The second-order valence-electron chi connectivity index (χ2n) is 4.38. The van der Waals surface area contributed by atoms with Crippen LogP contribution in [0.3, 0.4) is 0 Å². The molecule has 0 aliphatic carbocycles. The van der Waals surface area contributed by atoms with E-state index in [-0.39, 0.29) is 6.61 Å². The lowest BCUT2D eigenvalue weighted by atomic mass is 10.1. The van der Waals surface area contributed by atoms with Crippen LogP contribution in [0, 0.1) is 0 Å². The molecular weight excluding hydrogens is 200 g/mol. The molecule has 0 N–H and O–H groups in total. The molecule has 2 nitrogen and oxygen atoms in total. The minimum absolute atomic E-state index is 0.136. The molecule has 0 atom stereocenters. The average Bonchev–Trinajstić information content (AvgIpc) is 2.31. The van der Waals surface area contributed by atoms with Gasteiger partial charge in [0.15, 0.2) is 0 Å². The van der Waals surface area contributed by atoms with Crippen molar-refractivity contribution in [1.82, 2.24) is 0 Å². The molecule has 0 rings (SSSR count). The zero-order chi connectivity index (χ0) is 11.9. The number of unbranched alkanes of at least 4 members (excludes halogenated alkanes) is 9. The summed E-state index contributed by atoms with van der Waals surface area (Å²) in [6, 6.07) is 0. The van der Waals surface area contributed by atoms with Gasteiger partial charge in [-0.25, -0.2) is 0 Å². The summed E-state index contributed by atoms with van der Waals surface area (Å²) in [5, 5.41) is 0. The summed E-state index contributed by atoms with van der Waals surface area (Å²) in [4.78, 5) is 9.84. The third-order valence-electron chi connectivity index (χ3n) is 2.80. The van der Waals surface area contributed by atoms with Crippen molar-refractivity contribution in [2.24, 2.45) is 0 Å². The van der Waals surface area contributed by atoms with E-state index in [1.54, 1.807) is 6.29 Å². The fourth-order valence-corrected chi connectivity index (χ4v) is 1.81. The van der Waals surface area contributed by atoms with Gasteiger partial charge in [-0.15, -0.1) is 0 Å². The Bertz CT molecular complexity index is 135. The highest BCUT2D eigenvalue weighted by Gasteiger charge is 1.92. The van der Waals surface area contributed by atoms with Crippen LogP contribution in [0.5, 0.6) is 0 Å². The van der Waals surface area contributed by atoms with Crippen LogP contribution < -0.4 is 0 Å². The van der Waals surface area contributed by atoms with Crippen molar-refractivity contribution in [3.05, 3.63) is 0 Å². The lowest BCUT2D eigenvalue weighted by Gasteiger charge is -2.02. The van der Waals surface area contributed by atoms with Gasteiger partial charge >= 0.3 is 0 Å². The van der Waals surface area contributed by atoms with Crippen molar-refractivity contribution in [1.29, 1.82) is 0 Å². The number of rotatable bonds is 13. The van der Waals surface area contributed by atoms with Crippen LogP contribution in [0.1, 0.15) is 71.1 Å². The molecule has 2 heteroatoms. The standard InChI is InChI=1S/C14H27O2/c1-2-3-4-5-6-7-8-9-10-11-13-16-14-12-15/h2-11,13-14H2,1H3. The van der Waals surface area contributed by atoms with Gasteiger partial charge in [0.2, 0.25) is 6.29 Å². The molecule has 0 aliphatic rings. The van der Waals surface area contributed by atoms with Gasteiger partial charge in [0, 0.05) is 6.61 Å². The van der Waals surface area contributed by atoms with Gasteiger partial charge in [-0.3, -0.25) is 4.79 Å². The quantitative estimate of drug-likeness (QED) is 0.444. The molecule has 0 aromatic carbocycles. The highest BCUT2D eigenvalue weighted by atomic mass is 16.5. The first-order valence-electron chi connectivity index (χ1n) is 6.84. The molecule has 0 saturated carbocycles. The van der Waals surface area contributed by atoms with Crippen molar-refractivity contribution in [2.75, 3.05) is 13.2 Å². The molecule has 16 heavy (non-hydrogen) atoms. The van der Waals surface area contributed by atoms with E-state index in [2.05, 4.69) is 6.92 Å². The Balaban J connectivity index is 2.85. The fourth-order valence-electron chi connectivity index (χ4n) is 1.81. The predicted molar refractivity (Wildman–Crippen MR) is 68.4 cm³/mol. The van der Waals surface area contributed by atoms with Crippen LogP contribution in [0.4, 0.5) is 0 Å². The van der Waals surface area contributed by atoms with E-state index >= 15 is 0 Å². The van der Waals surface area contributed by atoms with Crippen LogP contribution in [0.2, 0.25) is 0 Å². The summed E-state index contributed by atoms with van der Waals surface area (Å²) in [6.45, 7) is 3.10. The highest BCUT2D eigenvalue weighted by Crippen LogP contribution is 2.10. The van der Waals surface area contributed by atoms with E-state index in [0.717, 1.165) is 6.42 Å². The molecule has 0 aliphatic heterocycles. The Kier molecular flexibility index (Phi) is 14.3. The molecule has 0 bridgehead atoms. The van der Waals surface area contributed by atoms with Crippen LogP contribution in [-0.2, 0) is 9.53 Å². The van der Waals surface area contributed by atoms with Crippen molar-refractivity contribution in [3.8, 4) is 0 Å². The van der Waals surface area contributed by atoms with Gasteiger partial charge in [0.05, 0.1) is 0 Å². The first-order chi connectivity index (χ1) is 7.91. The Morgan fingerprint density at radius 2 is 1.31 bits per heavy atom. The molecule has 1 radical (unpaired) electrons. The zero-order valence-electron chi connectivity index (χ0n) is 10.8. The van der Waals surface area contributed by atoms with Crippen LogP contribution in [-0.4, -0.2) is 19.5 Å². The molecule has 0 aromatic heterocycles. The summed E-state index contributed by atoms with van der Waals surface area (Å²) >= 11 is 0. The van der Waals surface area contributed by atoms with E-state index in [0.29, 0.717) is 6.61 Å². The monoisotopic (exact) mass is 227 g/mol. The van der Waals surface area contributed by atoms with E-state index < -0.39 is 0 Å². The fraction of sp³-hybridized carbons (Fsp3) is 0.929. The minimum atomic E-state index is 0.136. The van der Waals surface area contributed by atoms with E-state index in [1.165, 1.54) is 57.8 Å². The molecule has 0 fully saturated rings. The van der Waals surface area contributed by atoms with E-state index in [1.807, 2.05) is 0 Å². The number of carbonyl (C=O) groups excluding carboxylic acids is 1. The van der Waals surface area contributed by atoms with Gasteiger partial charge in [-0.1, -0.05) is 64.7 Å². The maximum absolute atomic E-state index is 9.84. The molecule has 95 valence electrons. The maximum atomic E-state index is 9.84. The summed E-state index contributed by atoms with van der Waals surface area (Å²) in [5.74, 6) is 0. The third kappa shape index (κ3) is 13.6. The smallest absolute Gasteiger partial charge is 0.226 e. The molecule has 0 saturated heterocycles. The molecule has 0 amide bonds. The third-order valence-corrected chi connectivity index (χ3v) is 2.80. The van der Waals surface area contributed by atoms with Crippen molar-refractivity contribution in [3.63, 3.8) is 0 Å². The van der Waals surface area contributed by atoms with Crippen LogP contribution in [0.15, 0.2) is 0 Å². The van der Waals surface area contributed by atoms with E-state index in [4.69, 9.17) is 4.74 Å². The lowest BCUT2D eigenvalue weighted by molar-refractivity contribution is 0.164. The van der Waals surface area contributed by atoms with E-state index in [9.17, 15) is 4.79 Å². The van der Waals surface area contributed by atoms with Crippen LogP contribution in [0.25, 0.3) is 0 Å². The van der Waals surface area contributed by atoms with Crippen molar-refractivity contribution < 1.29 is 9.53 Å². The lowest BCUT2D eigenvalue weighted by Crippen LogP contribution is -1.97. The van der Waals surface area contributed by atoms with Gasteiger partial charge in [-0.2, -0.15) is 0 Å². The first kappa shape index (κ1) is 15.6. The second kappa shape index (κ2) is 14.6. The zero-order valence-corrected chi connectivity index (χ0v) is 10.8.